The van der Waals surface area contributed by atoms with E-state index in [0.717, 1.165) is 6.42 Å². The fourth-order valence-corrected chi connectivity index (χ4v) is 2.39. The number of rotatable bonds is 6. The van der Waals surface area contributed by atoms with Crippen LogP contribution in [0.5, 0.6) is 5.88 Å². The highest BCUT2D eigenvalue weighted by atomic mass is 16.5. The average Bonchev–Trinajstić information content (AvgIpc) is 3.27. The van der Waals surface area contributed by atoms with Crippen LogP contribution in [0, 0.1) is 0 Å². The first-order chi connectivity index (χ1) is 12.4. The minimum absolute atomic E-state index is 0.0581. The highest BCUT2D eigenvalue weighted by Gasteiger charge is 2.30. The average molecular weight is 360 g/mol. The molecule has 1 aliphatic rings. The Labute approximate surface area is 149 Å². The molecule has 3 heterocycles. The quantitative estimate of drug-likeness (QED) is 0.802. The zero-order valence-corrected chi connectivity index (χ0v) is 14.5. The Hall–Kier alpha value is -2.94. The van der Waals surface area contributed by atoms with Gasteiger partial charge in [-0.05, 0) is 19.9 Å². The van der Waals surface area contributed by atoms with Crippen molar-refractivity contribution in [3.05, 3.63) is 36.3 Å². The van der Waals surface area contributed by atoms with Crippen molar-refractivity contribution in [3.63, 3.8) is 0 Å². The summed E-state index contributed by atoms with van der Waals surface area (Å²) >= 11 is 0. The molecule has 1 saturated heterocycles. The monoisotopic (exact) mass is 360 g/mol. The zero-order chi connectivity index (χ0) is 18.7. The van der Waals surface area contributed by atoms with Gasteiger partial charge >= 0.3 is 5.97 Å². The molecule has 0 spiro atoms. The van der Waals surface area contributed by atoms with Crippen LogP contribution in [0.4, 0.5) is 5.69 Å². The molecule has 9 heteroatoms. The molecule has 1 fully saturated rings. The van der Waals surface area contributed by atoms with Crippen LogP contribution in [-0.2, 0) is 15.1 Å². The normalized spacial score (nSPS) is 17.1. The molecule has 1 unspecified atom stereocenters. The van der Waals surface area contributed by atoms with Crippen LogP contribution in [0.15, 0.2) is 30.7 Å². The van der Waals surface area contributed by atoms with Gasteiger partial charge in [-0.25, -0.2) is 9.78 Å². The van der Waals surface area contributed by atoms with Gasteiger partial charge in [-0.3, -0.25) is 9.48 Å². The molecule has 138 valence electrons. The van der Waals surface area contributed by atoms with E-state index in [1.165, 1.54) is 37.1 Å². The lowest BCUT2D eigenvalue weighted by atomic mass is 10.1. The standard InChI is InChI=1S/C17H20N4O5/c1-17(2,16(23)24)21-9-12(8-19-21)20-15(22)11-3-5-18-14(7-11)26-13-4-6-25-10-13/h3,5,7-9,13H,4,6,10H2,1-2H3,(H,20,22)(H,23,24). The number of carbonyl (C=O) groups excluding carboxylic acids is 1. The van der Waals surface area contributed by atoms with Crippen LogP contribution in [0.3, 0.4) is 0 Å². The number of aromatic nitrogens is 3. The Morgan fingerprint density at radius 2 is 2.27 bits per heavy atom. The summed E-state index contributed by atoms with van der Waals surface area (Å²) in [5.41, 5.74) is -0.448. The molecule has 9 nitrogen and oxygen atoms in total. The molecule has 0 radical (unpaired) electrons. The van der Waals surface area contributed by atoms with E-state index in [-0.39, 0.29) is 12.0 Å². The van der Waals surface area contributed by atoms with Crippen LogP contribution >= 0.6 is 0 Å². The van der Waals surface area contributed by atoms with Gasteiger partial charge in [0.25, 0.3) is 5.91 Å². The molecule has 2 aromatic rings. The van der Waals surface area contributed by atoms with Gasteiger partial charge in [0.2, 0.25) is 5.88 Å². The number of carbonyl (C=O) groups is 2. The van der Waals surface area contributed by atoms with Crippen molar-refractivity contribution in [1.29, 1.82) is 0 Å². The summed E-state index contributed by atoms with van der Waals surface area (Å²) in [6.07, 6.45) is 5.10. The summed E-state index contributed by atoms with van der Waals surface area (Å²) in [6.45, 7) is 4.21. The molecule has 2 aromatic heterocycles. The highest BCUT2D eigenvalue weighted by molar-refractivity contribution is 6.04. The smallest absolute Gasteiger partial charge is 0.331 e. The second-order valence-electron chi connectivity index (χ2n) is 6.48. The number of amides is 1. The lowest BCUT2D eigenvalue weighted by molar-refractivity contribution is -0.146. The van der Waals surface area contributed by atoms with Crippen molar-refractivity contribution in [3.8, 4) is 5.88 Å². The molecule has 1 atom stereocenters. The highest BCUT2D eigenvalue weighted by Crippen LogP contribution is 2.19. The Morgan fingerprint density at radius 1 is 1.46 bits per heavy atom. The third kappa shape index (κ3) is 3.83. The summed E-state index contributed by atoms with van der Waals surface area (Å²) in [5, 5.41) is 15.9. The maximum atomic E-state index is 12.4. The number of carboxylic acids is 1. The van der Waals surface area contributed by atoms with E-state index in [4.69, 9.17) is 9.47 Å². The number of carboxylic acid groups (broad SMARTS) is 1. The first-order valence-corrected chi connectivity index (χ1v) is 8.16. The predicted octanol–water partition coefficient (Wildman–Crippen LogP) is 1.52. The van der Waals surface area contributed by atoms with E-state index in [2.05, 4.69) is 15.4 Å². The van der Waals surface area contributed by atoms with Gasteiger partial charge in [0.05, 0.1) is 25.1 Å². The number of aliphatic carboxylic acids is 1. The number of nitrogens with one attached hydrogen (secondary N) is 1. The van der Waals surface area contributed by atoms with Crippen LogP contribution in [-0.4, -0.2) is 51.1 Å². The summed E-state index contributed by atoms with van der Waals surface area (Å²) in [7, 11) is 0. The van der Waals surface area contributed by atoms with Gasteiger partial charge in [-0.15, -0.1) is 0 Å². The zero-order valence-electron chi connectivity index (χ0n) is 14.5. The molecular weight excluding hydrogens is 340 g/mol. The molecule has 1 amide bonds. The second kappa shape index (κ2) is 7.12. The number of hydrogen-bond donors (Lipinski definition) is 2. The van der Waals surface area contributed by atoms with Gasteiger partial charge < -0.3 is 19.9 Å². The fourth-order valence-electron chi connectivity index (χ4n) is 2.39. The molecule has 26 heavy (non-hydrogen) atoms. The maximum Gasteiger partial charge on any atom is 0.331 e. The minimum Gasteiger partial charge on any atom is -0.479 e. The van der Waals surface area contributed by atoms with Crippen molar-refractivity contribution >= 4 is 17.6 Å². The summed E-state index contributed by atoms with van der Waals surface area (Å²) in [5.74, 6) is -1.03. The van der Waals surface area contributed by atoms with Gasteiger partial charge in [0.1, 0.15) is 6.10 Å². The van der Waals surface area contributed by atoms with Crippen molar-refractivity contribution in [1.82, 2.24) is 14.8 Å². The molecule has 0 bridgehead atoms. The lowest BCUT2D eigenvalue weighted by Crippen LogP contribution is -2.35. The molecule has 1 aliphatic heterocycles. The summed E-state index contributed by atoms with van der Waals surface area (Å²) < 4.78 is 12.2. The second-order valence-corrected chi connectivity index (χ2v) is 6.48. The van der Waals surface area contributed by atoms with Crippen LogP contribution in [0.2, 0.25) is 0 Å². The Morgan fingerprint density at radius 3 is 2.96 bits per heavy atom. The third-order valence-electron chi connectivity index (χ3n) is 4.11. The SMILES string of the molecule is CC(C)(C(=O)O)n1cc(NC(=O)c2ccnc(OC3CCOC3)c2)cn1. The third-order valence-corrected chi connectivity index (χ3v) is 4.11. The predicted molar refractivity (Wildman–Crippen MR) is 91.2 cm³/mol. The van der Waals surface area contributed by atoms with E-state index >= 15 is 0 Å². The first kappa shape index (κ1) is 17.9. The van der Waals surface area contributed by atoms with E-state index in [1.54, 1.807) is 12.1 Å². The number of hydrogen-bond acceptors (Lipinski definition) is 6. The van der Waals surface area contributed by atoms with Gasteiger partial charge in [0.15, 0.2) is 5.54 Å². The molecule has 0 aromatic carbocycles. The van der Waals surface area contributed by atoms with Crippen molar-refractivity contribution in [2.75, 3.05) is 18.5 Å². The largest absolute Gasteiger partial charge is 0.479 e. The van der Waals surface area contributed by atoms with Gasteiger partial charge in [-0.2, -0.15) is 5.10 Å². The van der Waals surface area contributed by atoms with Gasteiger partial charge in [0, 0.05) is 30.4 Å². The number of pyridine rings is 1. The first-order valence-electron chi connectivity index (χ1n) is 8.16. The number of ether oxygens (including phenoxy) is 2. The Kier molecular flexibility index (Phi) is 4.90. The molecule has 0 aliphatic carbocycles. The number of anilines is 1. The van der Waals surface area contributed by atoms with Crippen molar-refractivity contribution < 1.29 is 24.2 Å². The van der Waals surface area contributed by atoms with E-state index in [0.29, 0.717) is 30.3 Å². The van der Waals surface area contributed by atoms with Crippen molar-refractivity contribution in [2.24, 2.45) is 0 Å². The van der Waals surface area contributed by atoms with Crippen LogP contribution in [0.1, 0.15) is 30.6 Å². The topological polar surface area (TPSA) is 116 Å². The Bertz CT molecular complexity index is 811. The maximum absolute atomic E-state index is 12.4. The molecule has 0 saturated carbocycles. The van der Waals surface area contributed by atoms with Crippen LogP contribution < -0.4 is 10.1 Å². The minimum atomic E-state index is -1.22. The lowest BCUT2D eigenvalue weighted by Gasteiger charge is -2.19. The van der Waals surface area contributed by atoms with E-state index < -0.39 is 11.5 Å². The van der Waals surface area contributed by atoms with Crippen molar-refractivity contribution in [2.45, 2.75) is 31.9 Å². The van der Waals surface area contributed by atoms with E-state index in [9.17, 15) is 14.7 Å². The summed E-state index contributed by atoms with van der Waals surface area (Å²) in [4.78, 5) is 27.8. The molecule has 3 rings (SSSR count). The van der Waals surface area contributed by atoms with Gasteiger partial charge in [-0.1, -0.05) is 0 Å². The van der Waals surface area contributed by atoms with Crippen LogP contribution in [0.25, 0.3) is 0 Å². The van der Waals surface area contributed by atoms with E-state index in [1.807, 2.05) is 0 Å². The molecular formula is C17H20N4O5. The molecule has 2 N–H and O–H groups in total. The number of nitrogens with zero attached hydrogens (tertiary/aromatic N) is 3. The Balaban J connectivity index is 1.68. The summed E-state index contributed by atoms with van der Waals surface area (Å²) in [6, 6.07) is 3.12. The fraction of sp³-hybridized carbons (Fsp3) is 0.412.